The van der Waals surface area contributed by atoms with Crippen molar-refractivity contribution in [2.24, 2.45) is 0 Å². The maximum absolute atomic E-state index is 8.26. The summed E-state index contributed by atoms with van der Waals surface area (Å²) in [5.41, 5.74) is 0. The second kappa shape index (κ2) is 18.1. The van der Waals surface area contributed by atoms with Crippen LogP contribution in [-0.2, 0) is 9.47 Å². The summed E-state index contributed by atoms with van der Waals surface area (Å²) in [7, 11) is 0. The molecular formula is C8H20O4S. The molecule has 0 amide bonds. The highest BCUT2D eigenvalue weighted by molar-refractivity contribution is 7.97. The lowest BCUT2D eigenvalue weighted by atomic mass is 10.7. The number of aliphatic hydroxyl groups excluding tert-OH is 2. The second-order valence-corrected chi connectivity index (χ2v) is 2.90. The fourth-order valence-electron chi connectivity index (χ4n) is 0.451. The van der Waals surface area contributed by atoms with Crippen molar-refractivity contribution in [1.29, 1.82) is 0 Å². The van der Waals surface area contributed by atoms with Crippen LogP contribution in [-0.4, -0.2) is 62.4 Å². The van der Waals surface area contributed by atoms with E-state index in [2.05, 4.69) is 0 Å². The molecule has 0 fully saturated rings. The van der Waals surface area contributed by atoms with Crippen LogP contribution in [0.25, 0.3) is 0 Å². The number of aliphatic hydroxyl groups is 2. The van der Waals surface area contributed by atoms with Gasteiger partial charge in [0, 0.05) is 0 Å². The summed E-state index contributed by atoms with van der Waals surface area (Å²) in [5, 5.41) is 16.5. The molecule has 0 saturated carbocycles. The molecule has 2 N–H and O–H groups in total. The van der Waals surface area contributed by atoms with E-state index in [1.54, 1.807) is 11.8 Å². The van der Waals surface area contributed by atoms with Gasteiger partial charge < -0.3 is 19.7 Å². The first kappa shape index (κ1) is 15.7. The summed E-state index contributed by atoms with van der Waals surface area (Å²) in [6.45, 7) is 1.73. The topological polar surface area (TPSA) is 58.9 Å². The molecule has 0 aliphatic rings. The minimum atomic E-state index is 0.0417. The van der Waals surface area contributed by atoms with Crippen LogP contribution >= 0.6 is 11.8 Å². The highest BCUT2D eigenvalue weighted by Crippen LogP contribution is 1.76. The third-order valence-corrected chi connectivity index (χ3v) is 0.843. The fourth-order valence-corrected chi connectivity index (χ4v) is 0.451. The van der Waals surface area contributed by atoms with Gasteiger partial charge in [-0.1, -0.05) is 0 Å². The first-order valence-corrected chi connectivity index (χ1v) is 5.74. The van der Waals surface area contributed by atoms with E-state index in [1.165, 1.54) is 0 Å². The van der Waals surface area contributed by atoms with Crippen molar-refractivity contribution in [2.75, 3.05) is 52.2 Å². The zero-order valence-corrected chi connectivity index (χ0v) is 9.18. The van der Waals surface area contributed by atoms with Crippen LogP contribution in [0.1, 0.15) is 0 Å². The summed E-state index contributed by atoms with van der Waals surface area (Å²) < 4.78 is 9.75. The van der Waals surface area contributed by atoms with Crippen molar-refractivity contribution < 1.29 is 19.7 Å². The van der Waals surface area contributed by atoms with Crippen LogP contribution in [0.5, 0.6) is 0 Å². The third kappa shape index (κ3) is 24.5. The van der Waals surface area contributed by atoms with Gasteiger partial charge in [-0.05, 0) is 12.5 Å². The SMILES string of the molecule is CSC.OCCOCCOCCO. The maximum atomic E-state index is 8.26. The zero-order valence-electron chi connectivity index (χ0n) is 8.36. The third-order valence-electron chi connectivity index (χ3n) is 0.843. The molecule has 0 spiro atoms. The molecule has 0 aromatic carbocycles. The summed E-state index contributed by atoms with van der Waals surface area (Å²) >= 11 is 1.75. The van der Waals surface area contributed by atoms with Gasteiger partial charge in [0.05, 0.1) is 39.6 Å². The molecule has 0 aliphatic carbocycles. The van der Waals surface area contributed by atoms with Crippen molar-refractivity contribution in [3.05, 3.63) is 0 Å². The quantitative estimate of drug-likeness (QED) is 0.581. The molecular weight excluding hydrogens is 192 g/mol. The average molecular weight is 212 g/mol. The smallest absolute Gasteiger partial charge is 0.0701 e. The van der Waals surface area contributed by atoms with Crippen LogP contribution in [0.2, 0.25) is 0 Å². The van der Waals surface area contributed by atoms with Crippen molar-refractivity contribution >= 4 is 11.8 Å². The average Bonchev–Trinajstić information content (AvgIpc) is 2.13. The Balaban J connectivity index is 0. The predicted molar refractivity (Wildman–Crippen MR) is 55.2 cm³/mol. The number of hydrogen-bond donors (Lipinski definition) is 2. The highest BCUT2D eigenvalue weighted by Gasteiger charge is 1.86. The van der Waals surface area contributed by atoms with Crippen LogP contribution in [0.3, 0.4) is 0 Å². The van der Waals surface area contributed by atoms with Gasteiger partial charge in [-0.2, -0.15) is 11.8 Å². The Hall–Kier alpha value is 0.190. The van der Waals surface area contributed by atoms with Crippen LogP contribution in [0, 0.1) is 0 Å². The van der Waals surface area contributed by atoms with E-state index in [1.807, 2.05) is 12.5 Å². The molecule has 0 rings (SSSR count). The summed E-state index contributed by atoms with van der Waals surface area (Å²) in [4.78, 5) is 0. The largest absolute Gasteiger partial charge is 0.394 e. The molecule has 5 heteroatoms. The first-order valence-electron chi connectivity index (χ1n) is 4.10. The van der Waals surface area contributed by atoms with Crippen molar-refractivity contribution in [3.63, 3.8) is 0 Å². The molecule has 0 radical (unpaired) electrons. The summed E-state index contributed by atoms with van der Waals surface area (Å²) in [6, 6.07) is 0. The summed E-state index contributed by atoms with van der Waals surface area (Å²) in [6.07, 6.45) is 4.08. The molecule has 82 valence electrons. The van der Waals surface area contributed by atoms with E-state index in [0.29, 0.717) is 26.4 Å². The van der Waals surface area contributed by atoms with Gasteiger partial charge in [0.25, 0.3) is 0 Å². The van der Waals surface area contributed by atoms with Gasteiger partial charge in [-0.25, -0.2) is 0 Å². The molecule has 13 heavy (non-hydrogen) atoms. The maximum Gasteiger partial charge on any atom is 0.0701 e. The molecule has 0 bridgehead atoms. The Morgan fingerprint density at radius 3 is 1.38 bits per heavy atom. The number of ether oxygens (including phenoxy) is 2. The minimum absolute atomic E-state index is 0.0417. The standard InChI is InChI=1S/C6H14O4.C2H6S/c7-1-3-9-5-6-10-4-2-8;1-3-2/h7-8H,1-6H2;1-2H3. The predicted octanol–water partition coefficient (Wildman–Crippen LogP) is -0.0166. The van der Waals surface area contributed by atoms with Crippen molar-refractivity contribution in [3.8, 4) is 0 Å². The van der Waals surface area contributed by atoms with E-state index in [0.717, 1.165) is 0 Å². The van der Waals surface area contributed by atoms with E-state index in [-0.39, 0.29) is 13.2 Å². The van der Waals surface area contributed by atoms with Gasteiger partial charge in [-0.15, -0.1) is 0 Å². The van der Waals surface area contributed by atoms with Crippen LogP contribution < -0.4 is 0 Å². The highest BCUT2D eigenvalue weighted by atomic mass is 32.2. The molecule has 0 heterocycles. The van der Waals surface area contributed by atoms with Gasteiger partial charge in [0.1, 0.15) is 0 Å². The van der Waals surface area contributed by atoms with Crippen molar-refractivity contribution in [2.45, 2.75) is 0 Å². The normalized spacial score (nSPS) is 9.23. The number of rotatable bonds is 7. The Bertz CT molecular complexity index is 65.2. The van der Waals surface area contributed by atoms with Gasteiger partial charge >= 0.3 is 0 Å². The molecule has 0 saturated heterocycles. The molecule has 0 unspecified atom stereocenters. The second-order valence-electron chi connectivity index (χ2n) is 2.08. The molecule has 4 nitrogen and oxygen atoms in total. The Morgan fingerprint density at radius 1 is 0.846 bits per heavy atom. The summed E-state index contributed by atoms with van der Waals surface area (Å²) in [5.74, 6) is 0. The van der Waals surface area contributed by atoms with Crippen molar-refractivity contribution in [1.82, 2.24) is 0 Å². The Kier molecular flexibility index (Phi) is 21.8. The lowest BCUT2D eigenvalue weighted by Gasteiger charge is -2.01. The Morgan fingerprint density at radius 2 is 1.15 bits per heavy atom. The van der Waals surface area contributed by atoms with E-state index in [4.69, 9.17) is 19.7 Å². The Labute approximate surface area is 84.2 Å². The number of thioether (sulfide) groups is 1. The van der Waals surface area contributed by atoms with Crippen LogP contribution in [0.4, 0.5) is 0 Å². The fraction of sp³-hybridized carbons (Fsp3) is 1.00. The zero-order chi connectivity index (χ0) is 10.4. The van der Waals surface area contributed by atoms with Gasteiger partial charge in [0.2, 0.25) is 0 Å². The molecule has 0 aromatic heterocycles. The molecule has 0 aliphatic heterocycles. The van der Waals surface area contributed by atoms with Gasteiger partial charge in [0.15, 0.2) is 0 Å². The van der Waals surface area contributed by atoms with E-state index >= 15 is 0 Å². The van der Waals surface area contributed by atoms with E-state index in [9.17, 15) is 0 Å². The van der Waals surface area contributed by atoms with Crippen LogP contribution in [0.15, 0.2) is 0 Å². The lowest BCUT2D eigenvalue weighted by molar-refractivity contribution is 0.0222. The monoisotopic (exact) mass is 212 g/mol. The van der Waals surface area contributed by atoms with Gasteiger partial charge in [-0.3, -0.25) is 0 Å². The molecule has 0 aromatic rings. The minimum Gasteiger partial charge on any atom is -0.394 e. The first-order chi connectivity index (χ1) is 6.33. The van der Waals surface area contributed by atoms with E-state index < -0.39 is 0 Å². The number of hydrogen-bond acceptors (Lipinski definition) is 5. The molecule has 0 atom stereocenters. The lowest BCUT2D eigenvalue weighted by Crippen LogP contribution is -2.09.